The summed E-state index contributed by atoms with van der Waals surface area (Å²) >= 11 is 0. The Hall–Kier alpha value is -2.82. The maximum Gasteiger partial charge on any atom is 0.319 e. The van der Waals surface area contributed by atoms with Gasteiger partial charge in [-0.1, -0.05) is 24.3 Å². The molecule has 1 aromatic carbocycles. The molecule has 3 rings (SSSR count). The van der Waals surface area contributed by atoms with Crippen LogP contribution in [0, 0.1) is 0 Å². The highest BCUT2D eigenvalue weighted by molar-refractivity contribution is 5.94. The molecule has 5 nitrogen and oxygen atoms in total. The van der Waals surface area contributed by atoms with Crippen LogP contribution in [0.2, 0.25) is 0 Å². The summed E-state index contributed by atoms with van der Waals surface area (Å²) in [5.41, 5.74) is 3.03. The fourth-order valence-electron chi connectivity index (χ4n) is 2.37. The van der Waals surface area contributed by atoms with Gasteiger partial charge in [0.1, 0.15) is 5.65 Å². The van der Waals surface area contributed by atoms with E-state index < -0.39 is 0 Å². The topological polar surface area (TPSA) is 58.4 Å². The number of hydrogen-bond acceptors (Lipinski definition) is 2. The quantitative estimate of drug-likeness (QED) is 0.754. The van der Waals surface area contributed by atoms with Crippen molar-refractivity contribution in [3.05, 3.63) is 54.9 Å². The van der Waals surface area contributed by atoms with E-state index in [4.69, 9.17) is 0 Å². The van der Waals surface area contributed by atoms with Crippen LogP contribution in [0.5, 0.6) is 0 Å². The molecule has 2 N–H and O–H groups in total. The van der Waals surface area contributed by atoms with Gasteiger partial charge >= 0.3 is 6.03 Å². The normalized spacial score (nSPS) is 11.4. The number of amides is 2. The molecule has 5 heteroatoms. The predicted molar refractivity (Wildman–Crippen MR) is 92.5 cm³/mol. The van der Waals surface area contributed by atoms with Crippen LogP contribution < -0.4 is 10.6 Å². The summed E-state index contributed by atoms with van der Waals surface area (Å²) in [5.74, 6) is 0. The summed E-state index contributed by atoms with van der Waals surface area (Å²) in [4.78, 5) is 16.8. The third kappa shape index (κ3) is 3.51. The van der Waals surface area contributed by atoms with E-state index in [-0.39, 0.29) is 11.6 Å². The summed E-state index contributed by atoms with van der Waals surface area (Å²) in [6.07, 6.45) is 3.91. The summed E-state index contributed by atoms with van der Waals surface area (Å²) in [7, 11) is 0. The van der Waals surface area contributed by atoms with E-state index in [9.17, 15) is 4.79 Å². The first-order valence-corrected chi connectivity index (χ1v) is 7.55. The van der Waals surface area contributed by atoms with Crippen molar-refractivity contribution in [1.82, 2.24) is 14.7 Å². The molecule has 2 aromatic heterocycles. The number of pyridine rings is 1. The highest BCUT2D eigenvalue weighted by Gasteiger charge is 2.15. The number of aromatic nitrogens is 2. The highest BCUT2D eigenvalue weighted by Crippen LogP contribution is 2.27. The van der Waals surface area contributed by atoms with E-state index in [1.807, 2.05) is 80.0 Å². The number of anilines is 1. The van der Waals surface area contributed by atoms with Crippen LogP contribution in [-0.4, -0.2) is 21.0 Å². The van der Waals surface area contributed by atoms with Crippen molar-refractivity contribution in [3.63, 3.8) is 0 Å². The van der Waals surface area contributed by atoms with E-state index in [2.05, 4.69) is 15.6 Å². The molecular weight excluding hydrogens is 288 g/mol. The van der Waals surface area contributed by atoms with Crippen LogP contribution in [0.1, 0.15) is 20.8 Å². The van der Waals surface area contributed by atoms with Gasteiger partial charge in [0, 0.05) is 23.5 Å². The smallest absolute Gasteiger partial charge is 0.319 e. The molecule has 0 atom stereocenters. The molecule has 0 saturated heterocycles. The predicted octanol–water partition coefficient (Wildman–Crippen LogP) is 3.92. The zero-order valence-electron chi connectivity index (χ0n) is 13.5. The molecule has 23 heavy (non-hydrogen) atoms. The minimum Gasteiger partial charge on any atom is -0.333 e. The molecule has 0 aliphatic rings. The largest absolute Gasteiger partial charge is 0.333 e. The second-order valence-corrected chi connectivity index (χ2v) is 6.47. The number of fused-ring (bicyclic) bond motifs is 1. The molecule has 118 valence electrons. The fraction of sp³-hybridized carbons (Fsp3) is 0.222. The number of hydrogen-bond donors (Lipinski definition) is 2. The van der Waals surface area contributed by atoms with E-state index in [0.29, 0.717) is 0 Å². The lowest BCUT2D eigenvalue weighted by Crippen LogP contribution is -2.43. The van der Waals surface area contributed by atoms with Gasteiger partial charge in [0.25, 0.3) is 0 Å². The standard InChI is InChI=1S/C18H20N4O/c1-18(2,3)21-17(23)20-14-9-5-4-8-13(14)15-12-22-11-7-6-10-16(22)19-15/h4-12H,1-3H3,(H2,20,21,23). The molecule has 0 aliphatic heterocycles. The zero-order chi connectivity index (χ0) is 16.4. The Balaban J connectivity index is 1.93. The average molecular weight is 308 g/mol. The number of nitrogens with zero attached hydrogens (tertiary/aromatic N) is 2. The first kappa shape index (κ1) is 15.1. The van der Waals surface area contributed by atoms with Crippen molar-refractivity contribution in [1.29, 1.82) is 0 Å². The maximum absolute atomic E-state index is 12.1. The molecular formula is C18H20N4O. The first-order valence-electron chi connectivity index (χ1n) is 7.55. The summed E-state index contributed by atoms with van der Waals surface area (Å²) in [6, 6.07) is 13.3. The maximum atomic E-state index is 12.1. The number of nitrogens with one attached hydrogen (secondary N) is 2. The van der Waals surface area contributed by atoms with Gasteiger partial charge in [0.05, 0.1) is 11.4 Å². The molecule has 3 aromatic rings. The number of carbonyl (C=O) groups is 1. The SMILES string of the molecule is CC(C)(C)NC(=O)Nc1ccccc1-c1cn2ccccc2n1. The van der Waals surface area contributed by atoms with Crippen molar-refractivity contribution in [2.24, 2.45) is 0 Å². The number of para-hydroxylation sites is 1. The van der Waals surface area contributed by atoms with Crippen LogP contribution in [0.15, 0.2) is 54.9 Å². The molecule has 0 unspecified atom stereocenters. The Morgan fingerprint density at radius 2 is 1.83 bits per heavy atom. The monoisotopic (exact) mass is 308 g/mol. The molecule has 0 aliphatic carbocycles. The summed E-state index contributed by atoms with van der Waals surface area (Å²) in [6.45, 7) is 5.84. The Kier molecular flexibility index (Phi) is 3.78. The van der Waals surface area contributed by atoms with Gasteiger partial charge < -0.3 is 15.0 Å². The van der Waals surface area contributed by atoms with Crippen molar-refractivity contribution < 1.29 is 4.79 Å². The van der Waals surface area contributed by atoms with Gasteiger partial charge in [-0.05, 0) is 39.0 Å². The Morgan fingerprint density at radius 3 is 2.57 bits per heavy atom. The summed E-state index contributed by atoms with van der Waals surface area (Å²) in [5, 5.41) is 5.81. The zero-order valence-corrected chi connectivity index (χ0v) is 13.5. The van der Waals surface area contributed by atoms with E-state index in [0.717, 1.165) is 22.6 Å². The van der Waals surface area contributed by atoms with Crippen molar-refractivity contribution in [2.75, 3.05) is 5.32 Å². The van der Waals surface area contributed by atoms with E-state index in [1.165, 1.54) is 0 Å². The van der Waals surface area contributed by atoms with Crippen molar-refractivity contribution >= 4 is 17.4 Å². The average Bonchev–Trinajstić information content (AvgIpc) is 2.89. The Morgan fingerprint density at radius 1 is 1.09 bits per heavy atom. The van der Waals surface area contributed by atoms with Crippen LogP contribution >= 0.6 is 0 Å². The Labute approximate surface area is 135 Å². The number of rotatable bonds is 2. The highest BCUT2D eigenvalue weighted by atomic mass is 16.2. The Bertz CT molecular complexity index is 812. The third-order valence-corrected chi connectivity index (χ3v) is 3.30. The molecule has 0 saturated carbocycles. The van der Waals surface area contributed by atoms with Gasteiger partial charge in [-0.3, -0.25) is 0 Å². The minimum absolute atomic E-state index is 0.228. The second kappa shape index (κ2) is 5.76. The van der Waals surface area contributed by atoms with E-state index in [1.54, 1.807) is 0 Å². The van der Waals surface area contributed by atoms with Gasteiger partial charge in [0.2, 0.25) is 0 Å². The number of benzene rings is 1. The first-order chi connectivity index (χ1) is 10.9. The number of urea groups is 1. The number of carbonyl (C=O) groups excluding carboxylic acids is 1. The van der Waals surface area contributed by atoms with Crippen LogP contribution in [0.25, 0.3) is 16.9 Å². The lowest BCUT2D eigenvalue weighted by molar-refractivity contribution is 0.244. The lowest BCUT2D eigenvalue weighted by Gasteiger charge is -2.21. The minimum atomic E-state index is -0.290. The second-order valence-electron chi connectivity index (χ2n) is 6.47. The van der Waals surface area contributed by atoms with Crippen molar-refractivity contribution in [2.45, 2.75) is 26.3 Å². The van der Waals surface area contributed by atoms with Gasteiger partial charge in [0.15, 0.2) is 0 Å². The molecule has 0 fully saturated rings. The fourth-order valence-corrected chi connectivity index (χ4v) is 2.37. The molecule has 2 amide bonds. The third-order valence-electron chi connectivity index (χ3n) is 3.30. The van der Waals surface area contributed by atoms with E-state index >= 15 is 0 Å². The van der Waals surface area contributed by atoms with Crippen LogP contribution in [0.3, 0.4) is 0 Å². The lowest BCUT2D eigenvalue weighted by atomic mass is 10.1. The molecule has 0 bridgehead atoms. The van der Waals surface area contributed by atoms with Crippen LogP contribution in [-0.2, 0) is 0 Å². The van der Waals surface area contributed by atoms with Crippen LogP contribution in [0.4, 0.5) is 10.5 Å². The summed E-state index contributed by atoms with van der Waals surface area (Å²) < 4.78 is 1.96. The van der Waals surface area contributed by atoms with Gasteiger partial charge in [-0.2, -0.15) is 0 Å². The number of imidazole rings is 1. The molecule has 0 spiro atoms. The van der Waals surface area contributed by atoms with Crippen molar-refractivity contribution in [3.8, 4) is 11.3 Å². The molecule has 0 radical (unpaired) electrons. The van der Waals surface area contributed by atoms with Gasteiger partial charge in [-0.15, -0.1) is 0 Å². The molecule has 2 heterocycles. The van der Waals surface area contributed by atoms with Gasteiger partial charge in [-0.25, -0.2) is 9.78 Å².